The fraction of sp³-hybridized carbons (Fsp3) is 0.400. The normalized spacial score (nSPS) is 16.2. The molecular weight excluding hydrogens is 312 g/mol. The maximum absolute atomic E-state index is 5.58. The molecule has 1 aliphatic rings. The van der Waals surface area contributed by atoms with Gasteiger partial charge in [-0.15, -0.1) is 0 Å². The number of para-hydroxylation sites is 2. The molecule has 0 atom stereocenters. The zero-order valence-electron chi connectivity index (χ0n) is 14.7. The number of aryl methyl sites for hydroxylation is 1. The Bertz CT molecular complexity index is 871. The summed E-state index contributed by atoms with van der Waals surface area (Å²) in [6, 6.07) is 12.1. The molecule has 1 fully saturated rings. The topological polar surface area (TPSA) is 46.6 Å². The minimum absolute atomic E-state index is 0.743. The van der Waals surface area contributed by atoms with Crippen LogP contribution in [-0.2, 0) is 6.54 Å². The smallest absolute Gasteiger partial charge is 0.230 e. The molecule has 0 saturated carbocycles. The Labute approximate surface area is 148 Å². The third kappa shape index (κ3) is 3.66. The molecule has 3 heterocycles. The van der Waals surface area contributed by atoms with Crippen LogP contribution in [0.25, 0.3) is 11.0 Å². The third-order valence-electron chi connectivity index (χ3n) is 4.79. The Morgan fingerprint density at radius 1 is 1.08 bits per heavy atom. The van der Waals surface area contributed by atoms with E-state index in [1.807, 2.05) is 31.2 Å². The SMILES string of the molecule is Cc1ccc(C=Nc2nc3ccccc3n2CCN2CCCCC2)o1. The molecule has 0 amide bonds. The molecular formula is C20H24N4O. The maximum Gasteiger partial charge on any atom is 0.230 e. The summed E-state index contributed by atoms with van der Waals surface area (Å²) in [7, 11) is 0. The molecule has 0 N–H and O–H groups in total. The van der Waals surface area contributed by atoms with Crippen molar-refractivity contribution in [1.29, 1.82) is 0 Å². The highest BCUT2D eigenvalue weighted by molar-refractivity contribution is 5.81. The summed E-state index contributed by atoms with van der Waals surface area (Å²) < 4.78 is 7.80. The van der Waals surface area contributed by atoms with Crippen LogP contribution in [0.15, 0.2) is 45.8 Å². The second-order valence-electron chi connectivity index (χ2n) is 6.66. The van der Waals surface area contributed by atoms with Gasteiger partial charge in [0.1, 0.15) is 11.5 Å². The molecule has 0 bridgehead atoms. The highest BCUT2D eigenvalue weighted by Crippen LogP contribution is 2.22. The van der Waals surface area contributed by atoms with Gasteiger partial charge >= 0.3 is 0 Å². The van der Waals surface area contributed by atoms with Crippen LogP contribution in [0.5, 0.6) is 0 Å². The van der Waals surface area contributed by atoms with E-state index in [1.165, 1.54) is 32.4 Å². The molecule has 1 aromatic carbocycles. The fourth-order valence-corrected chi connectivity index (χ4v) is 3.45. The summed E-state index contributed by atoms with van der Waals surface area (Å²) in [5.74, 6) is 2.39. The molecule has 130 valence electrons. The van der Waals surface area contributed by atoms with Gasteiger partial charge in [0.05, 0.1) is 17.2 Å². The van der Waals surface area contributed by atoms with E-state index in [2.05, 4.69) is 26.6 Å². The number of piperidine rings is 1. The lowest BCUT2D eigenvalue weighted by molar-refractivity contribution is 0.222. The number of furan rings is 1. The molecule has 5 nitrogen and oxygen atoms in total. The summed E-state index contributed by atoms with van der Waals surface area (Å²) in [6.07, 6.45) is 5.75. The van der Waals surface area contributed by atoms with Crippen molar-refractivity contribution in [2.45, 2.75) is 32.7 Å². The summed E-state index contributed by atoms with van der Waals surface area (Å²) in [4.78, 5) is 11.9. The van der Waals surface area contributed by atoms with Crippen LogP contribution in [-0.4, -0.2) is 40.3 Å². The average Bonchev–Trinajstić information content (AvgIpc) is 3.22. The van der Waals surface area contributed by atoms with Crippen molar-refractivity contribution in [3.05, 3.63) is 47.9 Å². The minimum Gasteiger partial charge on any atom is -0.460 e. The maximum atomic E-state index is 5.58. The lowest BCUT2D eigenvalue weighted by Gasteiger charge is -2.26. The van der Waals surface area contributed by atoms with E-state index in [0.29, 0.717) is 0 Å². The van der Waals surface area contributed by atoms with E-state index in [-0.39, 0.29) is 0 Å². The number of hydrogen-bond donors (Lipinski definition) is 0. The molecule has 1 saturated heterocycles. The van der Waals surface area contributed by atoms with E-state index in [0.717, 1.165) is 41.6 Å². The predicted molar refractivity (Wildman–Crippen MR) is 101 cm³/mol. The van der Waals surface area contributed by atoms with Gasteiger partial charge < -0.3 is 13.9 Å². The standard InChI is InChI=1S/C20H24N4O/c1-16-9-10-17(25-16)15-21-20-22-18-7-3-4-8-19(18)24(20)14-13-23-11-5-2-6-12-23/h3-4,7-10,15H,2,5-6,11-14H2,1H3. The zero-order chi connectivity index (χ0) is 17.1. The number of nitrogens with zero attached hydrogens (tertiary/aromatic N) is 4. The molecule has 25 heavy (non-hydrogen) atoms. The van der Waals surface area contributed by atoms with Crippen molar-refractivity contribution in [1.82, 2.24) is 14.5 Å². The first-order chi connectivity index (χ1) is 12.3. The molecule has 0 aliphatic carbocycles. The molecule has 0 spiro atoms. The number of likely N-dealkylation sites (tertiary alicyclic amines) is 1. The number of aromatic nitrogens is 2. The van der Waals surface area contributed by atoms with Gasteiger partial charge in [0, 0.05) is 13.1 Å². The summed E-state index contributed by atoms with van der Waals surface area (Å²) in [5.41, 5.74) is 2.13. The lowest BCUT2D eigenvalue weighted by Crippen LogP contribution is -2.32. The lowest BCUT2D eigenvalue weighted by atomic mass is 10.1. The monoisotopic (exact) mass is 336 g/mol. The zero-order valence-corrected chi connectivity index (χ0v) is 14.7. The van der Waals surface area contributed by atoms with Gasteiger partial charge in [-0.25, -0.2) is 9.98 Å². The second-order valence-corrected chi connectivity index (χ2v) is 6.66. The number of rotatable bonds is 5. The number of benzene rings is 1. The van der Waals surface area contributed by atoms with Crippen LogP contribution in [0.3, 0.4) is 0 Å². The first-order valence-electron chi connectivity index (χ1n) is 9.08. The van der Waals surface area contributed by atoms with E-state index in [1.54, 1.807) is 6.21 Å². The Hall–Kier alpha value is -2.40. The van der Waals surface area contributed by atoms with Gasteiger partial charge in [-0.1, -0.05) is 18.6 Å². The molecule has 5 heteroatoms. The van der Waals surface area contributed by atoms with Gasteiger partial charge in [-0.3, -0.25) is 0 Å². The quantitative estimate of drug-likeness (QED) is 0.657. The van der Waals surface area contributed by atoms with Crippen molar-refractivity contribution in [3.8, 4) is 0 Å². The van der Waals surface area contributed by atoms with Gasteiger partial charge in [0.15, 0.2) is 0 Å². The van der Waals surface area contributed by atoms with Crippen LogP contribution in [0.4, 0.5) is 5.95 Å². The Kier molecular flexibility index (Phi) is 4.65. The fourth-order valence-electron chi connectivity index (χ4n) is 3.45. The van der Waals surface area contributed by atoms with Crippen LogP contribution in [0.2, 0.25) is 0 Å². The van der Waals surface area contributed by atoms with Crippen molar-refractivity contribution in [2.75, 3.05) is 19.6 Å². The van der Waals surface area contributed by atoms with Crippen molar-refractivity contribution < 1.29 is 4.42 Å². The van der Waals surface area contributed by atoms with Gasteiger partial charge in [0.2, 0.25) is 5.95 Å². The van der Waals surface area contributed by atoms with Gasteiger partial charge in [-0.2, -0.15) is 0 Å². The highest BCUT2D eigenvalue weighted by atomic mass is 16.3. The molecule has 0 radical (unpaired) electrons. The Balaban J connectivity index is 1.59. The second kappa shape index (κ2) is 7.23. The largest absolute Gasteiger partial charge is 0.460 e. The van der Waals surface area contributed by atoms with Gasteiger partial charge in [0.25, 0.3) is 0 Å². The van der Waals surface area contributed by atoms with Gasteiger partial charge in [-0.05, 0) is 57.1 Å². The number of aliphatic imine (C=N–C) groups is 1. The first kappa shape index (κ1) is 16.1. The summed E-state index contributed by atoms with van der Waals surface area (Å²) in [5, 5.41) is 0. The summed E-state index contributed by atoms with van der Waals surface area (Å²) in [6.45, 7) is 6.30. The van der Waals surface area contributed by atoms with Crippen LogP contribution >= 0.6 is 0 Å². The van der Waals surface area contributed by atoms with E-state index >= 15 is 0 Å². The number of hydrogen-bond acceptors (Lipinski definition) is 4. The number of imidazole rings is 1. The average molecular weight is 336 g/mol. The van der Waals surface area contributed by atoms with Crippen LogP contribution < -0.4 is 0 Å². The van der Waals surface area contributed by atoms with Crippen LogP contribution in [0.1, 0.15) is 30.8 Å². The Morgan fingerprint density at radius 2 is 1.92 bits per heavy atom. The third-order valence-corrected chi connectivity index (χ3v) is 4.79. The molecule has 1 aliphatic heterocycles. The highest BCUT2D eigenvalue weighted by Gasteiger charge is 2.13. The van der Waals surface area contributed by atoms with Crippen molar-refractivity contribution in [2.24, 2.45) is 4.99 Å². The molecule has 4 rings (SSSR count). The van der Waals surface area contributed by atoms with E-state index in [4.69, 9.17) is 9.40 Å². The van der Waals surface area contributed by atoms with Crippen molar-refractivity contribution in [3.63, 3.8) is 0 Å². The van der Waals surface area contributed by atoms with Crippen LogP contribution in [0, 0.1) is 6.92 Å². The Morgan fingerprint density at radius 3 is 2.72 bits per heavy atom. The number of fused-ring (bicyclic) bond motifs is 1. The molecule has 2 aromatic heterocycles. The minimum atomic E-state index is 0.743. The molecule has 0 unspecified atom stereocenters. The molecule has 3 aromatic rings. The van der Waals surface area contributed by atoms with E-state index in [9.17, 15) is 0 Å². The summed E-state index contributed by atoms with van der Waals surface area (Å²) >= 11 is 0. The van der Waals surface area contributed by atoms with Crippen molar-refractivity contribution >= 4 is 23.2 Å². The predicted octanol–water partition coefficient (Wildman–Crippen LogP) is 4.17. The first-order valence-corrected chi connectivity index (χ1v) is 9.08. The van der Waals surface area contributed by atoms with E-state index < -0.39 is 0 Å².